The van der Waals surface area contributed by atoms with Gasteiger partial charge in [0.1, 0.15) is 0 Å². The van der Waals surface area contributed by atoms with Gasteiger partial charge in [-0.3, -0.25) is 19.8 Å². The van der Waals surface area contributed by atoms with Gasteiger partial charge in [0.05, 0.1) is 23.4 Å². The maximum atomic E-state index is 12.0. The molecule has 104 valence electrons. The number of aromatic amines is 1. The van der Waals surface area contributed by atoms with E-state index >= 15 is 0 Å². The molecule has 2 heterocycles. The lowest BCUT2D eigenvalue weighted by Crippen LogP contribution is -2.47. The lowest BCUT2D eigenvalue weighted by molar-refractivity contribution is -0.384. The van der Waals surface area contributed by atoms with E-state index in [1.54, 1.807) is 0 Å². The second-order valence-corrected chi connectivity index (χ2v) is 4.66. The Bertz CT molecular complexity index is 463. The number of Topliss-reactive ketones (excluding diaryl/α,β-unsaturated/α-hetero) is 1. The Morgan fingerprint density at radius 1 is 1.37 bits per heavy atom. The molecule has 1 fully saturated rings. The summed E-state index contributed by atoms with van der Waals surface area (Å²) in [5.41, 5.74) is 0.240. The van der Waals surface area contributed by atoms with Crippen molar-refractivity contribution in [3.05, 3.63) is 28.1 Å². The summed E-state index contributed by atoms with van der Waals surface area (Å²) >= 11 is 0. The molecule has 19 heavy (non-hydrogen) atoms. The minimum atomic E-state index is -0.507. The number of nitrogens with one attached hydrogen (secondary N) is 1. The van der Waals surface area contributed by atoms with Gasteiger partial charge in [-0.25, -0.2) is 0 Å². The van der Waals surface area contributed by atoms with Crippen LogP contribution in [0.25, 0.3) is 0 Å². The summed E-state index contributed by atoms with van der Waals surface area (Å²) in [6.07, 6.45) is 1.25. The zero-order valence-electron chi connectivity index (χ0n) is 11.0. The van der Waals surface area contributed by atoms with Gasteiger partial charge in [-0.1, -0.05) is 6.92 Å². The van der Waals surface area contributed by atoms with E-state index in [-0.39, 0.29) is 11.5 Å². The van der Waals surface area contributed by atoms with Gasteiger partial charge in [-0.05, 0) is 6.54 Å². The van der Waals surface area contributed by atoms with Gasteiger partial charge in [-0.15, -0.1) is 0 Å². The predicted octanol–water partition coefficient (Wildman–Crippen LogP) is 0.743. The van der Waals surface area contributed by atoms with Crippen LogP contribution in [-0.4, -0.2) is 64.8 Å². The smallest absolute Gasteiger partial charge is 0.287 e. The van der Waals surface area contributed by atoms with Crippen LogP contribution < -0.4 is 0 Å². The van der Waals surface area contributed by atoms with Gasteiger partial charge in [-0.2, -0.15) is 0 Å². The van der Waals surface area contributed by atoms with Crippen LogP contribution in [-0.2, 0) is 0 Å². The monoisotopic (exact) mass is 266 g/mol. The SMILES string of the molecule is CCN1CCN(CC(=O)c2cc([N+](=O)[O-])c[nH]2)CC1. The average Bonchev–Trinajstić information content (AvgIpc) is 2.89. The minimum Gasteiger partial charge on any atom is -0.353 e. The highest BCUT2D eigenvalue weighted by Gasteiger charge is 2.20. The Morgan fingerprint density at radius 3 is 2.53 bits per heavy atom. The Kier molecular flexibility index (Phi) is 4.28. The van der Waals surface area contributed by atoms with E-state index in [0.29, 0.717) is 12.2 Å². The number of ketones is 1. The number of piperazine rings is 1. The van der Waals surface area contributed by atoms with E-state index < -0.39 is 4.92 Å². The summed E-state index contributed by atoms with van der Waals surface area (Å²) in [7, 11) is 0. The first-order chi connectivity index (χ1) is 9.10. The largest absolute Gasteiger partial charge is 0.353 e. The van der Waals surface area contributed by atoms with Gasteiger partial charge < -0.3 is 9.88 Å². The molecule has 2 rings (SSSR count). The van der Waals surface area contributed by atoms with E-state index in [2.05, 4.69) is 21.7 Å². The predicted molar refractivity (Wildman–Crippen MR) is 70.3 cm³/mol. The van der Waals surface area contributed by atoms with Gasteiger partial charge in [0.2, 0.25) is 0 Å². The molecule has 0 radical (unpaired) electrons. The fraction of sp³-hybridized carbons (Fsp3) is 0.583. The summed E-state index contributed by atoms with van der Waals surface area (Å²) in [5, 5.41) is 10.6. The summed E-state index contributed by atoms with van der Waals surface area (Å²) in [5.74, 6) is -0.0990. The Balaban J connectivity index is 1.88. The number of carbonyl (C=O) groups excluding carboxylic acids is 1. The molecule has 0 atom stereocenters. The Hall–Kier alpha value is -1.73. The number of aromatic nitrogens is 1. The third-order valence-corrected chi connectivity index (χ3v) is 3.46. The van der Waals surface area contributed by atoms with Crippen molar-refractivity contribution in [2.45, 2.75) is 6.92 Å². The van der Waals surface area contributed by atoms with Crippen molar-refractivity contribution in [2.24, 2.45) is 0 Å². The van der Waals surface area contributed by atoms with Crippen molar-refractivity contribution in [2.75, 3.05) is 39.3 Å². The molecule has 0 spiro atoms. The van der Waals surface area contributed by atoms with Crippen LogP contribution in [0.15, 0.2) is 12.3 Å². The lowest BCUT2D eigenvalue weighted by atomic mass is 10.2. The molecule has 1 aliphatic rings. The van der Waals surface area contributed by atoms with Gasteiger partial charge in [0, 0.05) is 32.2 Å². The van der Waals surface area contributed by atoms with Gasteiger partial charge >= 0.3 is 0 Å². The molecule has 1 saturated heterocycles. The number of H-pyrrole nitrogens is 1. The van der Waals surface area contributed by atoms with Crippen molar-refractivity contribution >= 4 is 11.5 Å². The summed E-state index contributed by atoms with van der Waals surface area (Å²) in [4.78, 5) is 29.1. The van der Waals surface area contributed by atoms with Crippen molar-refractivity contribution in [3.8, 4) is 0 Å². The van der Waals surface area contributed by atoms with E-state index in [1.807, 2.05) is 0 Å². The highest BCUT2D eigenvalue weighted by Crippen LogP contribution is 2.13. The standard InChI is InChI=1S/C12H18N4O3/c1-2-14-3-5-15(6-4-14)9-12(17)11-7-10(8-13-11)16(18)19/h7-8,13H,2-6,9H2,1H3. The topological polar surface area (TPSA) is 82.5 Å². The molecular weight excluding hydrogens is 248 g/mol. The molecule has 7 nitrogen and oxygen atoms in total. The lowest BCUT2D eigenvalue weighted by Gasteiger charge is -2.33. The molecule has 0 aliphatic carbocycles. The van der Waals surface area contributed by atoms with Crippen LogP contribution in [0.1, 0.15) is 17.4 Å². The molecule has 0 unspecified atom stereocenters. The summed E-state index contributed by atoms with van der Waals surface area (Å²) < 4.78 is 0. The van der Waals surface area contributed by atoms with Gasteiger partial charge in [0.15, 0.2) is 5.78 Å². The highest BCUT2D eigenvalue weighted by atomic mass is 16.6. The van der Waals surface area contributed by atoms with E-state index in [9.17, 15) is 14.9 Å². The van der Waals surface area contributed by atoms with Gasteiger partial charge in [0.25, 0.3) is 5.69 Å². The Morgan fingerprint density at radius 2 is 2.00 bits per heavy atom. The Labute approximate surface area is 111 Å². The fourth-order valence-corrected chi connectivity index (χ4v) is 2.20. The van der Waals surface area contributed by atoms with Crippen molar-refractivity contribution in [1.29, 1.82) is 0 Å². The van der Waals surface area contributed by atoms with Crippen LogP contribution in [0.5, 0.6) is 0 Å². The third-order valence-electron chi connectivity index (χ3n) is 3.46. The average molecular weight is 266 g/mol. The van der Waals surface area contributed by atoms with E-state index in [0.717, 1.165) is 32.7 Å². The molecule has 1 N–H and O–H groups in total. The zero-order chi connectivity index (χ0) is 13.8. The number of hydrogen-bond donors (Lipinski definition) is 1. The number of hydrogen-bond acceptors (Lipinski definition) is 5. The van der Waals surface area contributed by atoms with Crippen LogP contribution >= 0.6 is 0 Å². The summed E-state index contributed by atoms with van der Waals surface area (Å²) in [6, 6.07) is 1.30. The second kappa shape index (κ2) is 5.94. The molecule has 1 aliphatic heterocycles. The molecule has 0 aromatic carbocycles. The number of carbonyl (C=O) groups is 1. The number of nitrogens with zero attached hydrogens (tertiary/aromatic N) is 3. The number of nitro groups is 1. The van der Waals surface area contributed by atoms with Crippen molar-refractivity contribution in [3.63, 3.8) is 0 Å². The van der Waals surface area contributed by atoms with E-state index in [4.69, 9.17) is 0 Å². The second-order valence-electron chi connectivity index (χ2n) is 4.66. The fourth-order valence-electron chi connectivity index (χ4n) is 2.20. The summed E-state index contributed by atoms with van der Waals surface area (Å²) in [6.45, 7) is 7.13. The molecule has 0 bridgehead atoms. The molecule has 0 amide bonds. The normalized spacial score (nSPS) is 17.5. The first-order valence-corrected chi connectivity index (χ1v) is 6.41. The van der Waals surface area contributed by atoms with E-state index in [1.165, 1.54) is 12.3 Å². The molecule has 0 saturated carbocycles. The maximum absolute atomic E-state index is 12.0. The van der Waals surface area contributed by atoms with Crippen molar-refractivity contribution < 1.29 is 9.72 Å². The molecule has 1 aromatic rings. The first-order valence-electron chi connectivity index (χ1n) is 6.41. The molecular formula is C12H18N4O3. The minimum absolute atomic E-state index is 0.0702. The van der Waals surface area contributed by atoms with Crippen LogP contribution in [0.4, 0.5) is 5.69 Å². The number of likely N-dealkylation sites (N-methyl/N-ethyl adjacent to an activating group) is 1. The number of rotatable bonds is 5. The van der Waals surface area contributed by atoms with Crippen LogP contribution in [0, 0.1) is 10.1 Å². The maximum Gasteiger partial charge on any atom is 0.287 e. The third kappa shape index (κ3) is 3.39. The highest BCUT2D eigenvalue weighted by molar-refractivity contribution is 5.96. The molecule has 1 aromatic heterocycles. The zero-order valence-corrected chi connectivity index (χ0v) is 11.0. The van der Waals surface area contributed by atoms with Crippen molar-refractivity contribution in [1.82, 2.24) is 14.8 Å². The molecule has 7 heteroatoms. The first kappa shape index (κ1) is 13.7. The quantitative estimate of drug-likeness (QED) is 0.483. The van der Waals surface area contributed by atoms with Crippen LogP contribution in [0.2, 0.25) is 0 Å². The van der Waals surface area contributed by atoms with Crippen LogP contribution in [0.3, 0.4) is 0 Å².